The number of carboxylic acids is 1. The first-order chi connectivity index (χ1) is 16.8. The Balaban J connectivity index is 1.26. The molecule has 2 aromatic carbocycles. The van der Waals surface area contributed by atoms with Crippen molar-refractivity contribution in [2.24, 2.45) is 0 Å². The number of carbonyl (C=O) groups is 3. The van der Waals surface area contributed by atoms with Gasteiger partial charge >= 0.3 is 12.1 Å². The zero-order valence-corrected chi connectivity index (χ0v) is 18.9. The topological polar surface area (TPSA) is 156 Å². The van der Waals surface area contributed by atoms with Gasteiger partial charge in [-0.1, -0.05) is 53.7 Å². The van der Waals surface area contributed by atoms with Crippen LogP contribution in [0.15, 0.2) is 54.7 Å². The lowest BCUT2D eigenvalue weighted by Crippen LogP contribution is -2.47. The second-order valence-corrected chi connectivity index (χ2v) is 8.15. The average molecular weight is 479 g/mol. The number of amides is 2. The van der Waals surface area contributed by atoms with E-state index in [0.717, 1.165) is 22.3 Å². The highest BCUT2D eigenvalue weighted by molar-refractivity contribution is 5.94. The molecule has 11 heteroatoms. The van der Waals surface area contributed by atoms with E-state index in [0.29, 0.717) is 0 Å². The Morgan fingerprint density at radius 1 is 1.09 bits per heavy atom. The molecule has 1 aliphatic carbocycles. The summed E-state index contributed by atoms with van der Waals surface area (Å²) in [5.74, 6) is -2.19. The molecule has 0 fully saturated rings. The number of benzene rings is 2. The molecular weight excluding hydrogens is 454 g/mol. The summed E-state index contributed by atoms with van der Waals surface area (Å²) in [4.78, 5) is 35.5. The molecule has 35 heavy (non-hydrogen) atoms. The predicted molar refractivity (Wildman–Crippen MR) is 124 cm³/mol. The number of fused-ring (bicyclic) bond motifs is 3. The highest BCUT2D eigenvalue weighted by Gasteiger charge is 2.29. The van der Waals surface area contributed by atoms with Gasteiger partial charge in [-0.15, -0.1) is 5.10 Å². The number of hydrogen-bond donors (Lipinski definition) is 4. The SMILES string of the molecule is CC(O)C(NC(=O)c1cn(CCNC(=O)OCC2c3ccccc3-c3ccccc32)nn1)C(=O)O. The van der Waals surface area contributed by atoms with Crippen molar-refractivity contribution in [2.45, 2.75) is 31.5 Å². The molecule has 1 heterocycles. The van der Waals surface area contributed by atoms with Crippen LogP contribution in [0.3, 0.4) is 0 Å². The van der Waals surface area contributed by atoms with Crippen molar-refractivity contribution in [3.8, 4) is 11.1 Å². The van der Waals surface area contributed by atoms with Gasteiger partial charge in [-0.2, -0.15) is 0 Å². The first-order valence-electron chi connectivity index (χ1n) is 11.1. The summed E-state index contributed by atoms with van der Waals surface area (Å²) >= 11 is 0. The van der Waals surface area contributed by atoms with Crippen molar-refractivity contribution in [3.05, 3.63) is 71.5 Å². The Kier molecular flexibility index (Phi) is 7.06. The van der Waals surface area contributed by atoms with Crippen LogP contribution in [0.25, 0.3) is 11.1 Å². The smallest absolute Gasteiger partial charge is 0.407 e. The van der Waals surface area contributed by atoms with E-state index < -0.39 is 30.1 Å². The Morgan fingerprint density at radius 3 is 2.31 bits per heavy atom. The molecule has 0 spiro atoms. The van der Waals surface area contributed by atoms with Gasteiger partial charge in [0, 0.05) is 12.5 Å². The number of nitrogens with zero attached hydrogens (tertiary/aromatic N) is 3. The van der Waals surface area contributed by atoms with E-state index in [1.54, 1.807) is 0 Å². The Labute approximate surface area is 200 Å². The maximum Gasteiger partial charge on any atom is 0.407 e. The highest BCUT2D eigenvalue weighted by atomic mass is 16.5. The fourth-order valence-electron chi connectivity index (χ4n) is 4.04. The minimum absolute atomic E-state index is 0.0409. The van der Waals surface area contributed by atoms with Crippen LogP contribution in [-0.2, 0) is 16.1 Å². The molecule has 182 valence electrons. The number of aliphatic carboxylic acids is 1. The van der Waals surface area contributed by atoms with Crippen LogP contribution in [0.5, 0.6) is 0 Å². The summed E-state index contributed by atoms with van der Waals surface area (Å²) in [7, 11) is 0. The average Bonchev–Trinajstić information content (AvgIpc) is 3.44. The van der Waals surface area contributed by atoms with Crippen molar-refractivity contribution >= 4 is 18.0 Å². The third-order valence-corrected chi connectivity index (χ3v) is 5.76. The largest absolute Gasteiger partial charge is 0.480 e. The second-order valence-electron chi connectivity index (χ2n) is 8.15. The number of hydrogen-bond acceptors (Lipinski definition) is 7. The number of aromatic nitrogens is 3. The molecule has 1 aromatic heterocycles. The second kappa shape index (κ2) is 10.3. The minimum Gasteiger partial charge on any atom is -0.480 e. The summed E-state index contributed by atoms with van der Waals surface area (Å²) in [5, 5.41) is 30.8. The Bertz CT molecular complexity index is 1190. The van der Waals surface area contributed by atoms with Crippen LogP contribution < -0.4 is 10.6 Å². The fourth-order valence-corrected chi connectivity index (χ4v) is 4.04. The molecule has 0 bridgehead atoms. The summed E-state index contributed by atoms with van der Waals surface area (Å²) < 4.78 is 6.80. The number of aliphatic hydroxyl groups is 1. The molecule has 4 N–H and O–H groups in total. The lowest BCUT2D eigenvalue weighted by molar-refractivity contribution is -0.141. The van der Waals surface area contributed by atoms with Crippen LogP contribution in [0, 0.1) is 0 Å². The van der Waals surface area contributed by atoms with E-state index in [-0.39, 0.29) is 31.3 Å². The summed E-state index contributed by atoms with van der Waals surface area (Å²) in [6.07, 6.45) is -0.547. The van der Waals surface area contributed by atoms with Crippen molar-refractivity contribution in [1.82, 2.24) is 25.6 Å². The summed E-state index contributed by atoms with van der Waals surface area (Å²) in [6.45, 7) is 1.84. The molecule has 2 amide bonds. The number of carbonyl (C=O) groups excluding carboxylic acids is 2. The quantitative estimate of drug-likeness (QED) is 0.359. The maximum atomic E-state index is 12.3. The minimum atomic E-state index is -1.47. The molecule has 2 atom stereocenters. The van der Waals surface area contributed by atoms with E-state index in [1.165, 1.54) is 17.8 Å². The third-order valence-electron chi connectivity index (χ3n) is 5.76. The van der Waals surface area contributed by atoms with E-state index in [1.807, 2.05) is 36.4 Å². The number of carboxylic acid groups (broad SMARTS) is 1. The lowest BCUT2D eigenvalue weighted by atomic mass is 9.98. The van der Waals surface area contributed by atoms with Gasteiger partial charge in [0.25, 0.3) is 5.91 Å². The van der Waals surface area contributed by atoms with E-state index >= 15 is 0 Å². The monoisotopic (exact) mass is 479 g/mol. The van der Waals surface area contributed by atoms with Crippen molar-refractivity contribution in [1.29, 1.82) is 0 Å². The number of rotatable bonds is 9. The summed E-state index contributed by atoms with van der Waals surface area (Å²) in [5.41, 5.74) is 4.42. The lowest BCUT2D eigenvalue weighted by Gasteiger charge is -2.15. The molecule has 11 nitrogen and oxygen atoms in total. The Morgan fingerprint density at radius 2 is 1.71 bits per heavy atom. The van der Waals surface area contributed by atoms with Crippen LogP contribution in [0.4, 0.5) is 4.79 Å². The molecule has 0 saturated carbocycles. The molecule has 0 saturated heterocycles. The first kappa shape index (κ1) is 23.9. The molecule has 2 unspecified atom stereocenters. The fraction of sp³-hybridized carbons (Fsp3) is 0.292. The van der Waals surface area contributed by atoms with Gasteiger partial charge in [0.15, 0.2) is 11.7 Å². The predicted octanol–water partition coefficient (Wildman–Crippen LogP) is 1.38. The molecule has 0 aliphatic heterocycles. The van der Waals surface area contributed by atoms with E-state index in [4.69, 9.17) is 9.84 Å². The van der Waals surface area contributed by atoms with Gasteiger partial charge in [-0.3, -0.25) is 4.79 Å². The third kappa shape index (κ3) is 5.30. The van der Waals surface area contributed by atoms with Crippen molar-refractivity contribution in [2.75, 3.05) is 13.2 Å². The van der Waals surface area contributed by atoms with Crippen LogP contribution in [0.1, 0.15) is 34.5 Å². The number of ether oxygens (including phenoxy) is 1. The van der Waals surface area contributed by atoms with Gasteiger partial charge in [0.05, 0.1) is 18.8 Å². The number of nitrogens with one attached hydrogen (secondary N) is 2. The maximum absolute atomic E-state index is 12.3. The highest BCUT2D eigenvalue weighted by Crippen LogP contribution is 2.44. The number of alkyl carbamates (subject to hydrolysis) is 1. The van der Waals surface area contributed by atoms with Gasteiger partial charge in [-0.25, -0.2) is 14.3 Å². The first-order valence-corrected chi connectivity index (χ1v) is 11.1. The molecular formula is C24H25N5O6. The van der Waals surface area contributed by atoms with Crippen molar-refractivity contribution in [3.63, 3.8) is 0 Å². The molecule has 1 aliphatic rings. The molecule has 4 rings (SSSR count). The van der Waals surface area contributed by atoms with Gasteiger partial charge in [0.2, 0.25) is 0 Å². The zero-order valence-electron chi connectivity index (χ0n) is 18.9. The standard InChI is InChI=1S/C24H25N5O6/c1-14(30)21(23(32)33)26-22(31)20-12-29(28-27-20)11-10-25-24(34)35-13-19-17-8-4-2-6-15(17)16-7-3-5-9-18(16)19/h2-9,12,14,19,21,30H,10-11,13H2,1H3,(H,25,34)(H,26,31)(H,32,33). The molecule has 3 aromatic rings. The number of aliphatic hydroxyl groups excluding tert-OH is 1. The molecule has 0 radical (unpaired) electrons. The van der Waals surface area contributed by atoms with Gasteiger partial charge in [0.1, 0.15) is 6.61 Å². The zero-order chi connectivity index (χ0) is 24.9. The van der Waals surface area contributed by atoms with Crippen molar-refractivity contribution < 1.29 is 29.3 Å². The summed E-state index contributed by atoms with van der Waals surface area (Å²) in [6, 6.07) is 14.7. The van der Waals surface area contributed by atoms with Crippen LogP contribution >= 0.6 is 0 Å². The van der Waals surface area contributed by atoms with Crippen LogP contribution in [-0.4, -0.2) is 68.5 Å². The van der Waals surface area contributed by atoms with E-state index in [9.17, 15) is 19.5 Å². The Hall–Kier alpha value is -4.25. The normalized spacial score (nSPS) is 13.9. The van der Waals surface area contributed by atoms with Gasteiger partial charge < -0.3 is 25.6 Å². The van der Waals surface area contributed by atoms with E-state index in [2.05, 4.69) is 33.1 Å². The van der Waals surface area contributed by atoms with Gasteiger partial charge in [-0.05, 0) is 29.2 Å². The van der Waals surface area contributed by atoms with Crippen LogP contribution in [0.2, 0.25) is 0 Å².